The molecule has 29 heavy (non-hydrogen) atoms. The van der Waals surface area contributed by atoms with Crippen molar-refractivity contribution in [3.63, 3.8) is 0 Å². The second-order valence-corrected chi connectivity index (χ2v) is 7.31. The van der Waals surface area contributed by atoms with Gasteiger partial charge in [0, 0.05) is 22.1 Å². The molecule has 0 aliphatic heterocycles. The molecule has 0 aliphatic rings. The molecule has 0 bridgehead atoms. The average Bonchev–Trinajstić information content (AvgIpc) is 2.73. The molecule has 3 rings (SSSR count). The van der Waals surface area contributed by atoms with Gasteiger partial charge in [-0.25, -0.2) is 8.78 Å². The van der Waals surface area contributed by atoms with Crippen LogP contribution >= 0.6 is 15.9 Å². The Balaban J connectivity index is 1.70. The molecule has 0 aliphatic carbocycles. The molecule has 0 amide bonds. The molecule has 0 saturated carbocycles. The first-order valence-electron chi connectivity index (χ1n) is 9.26. The summed E-state index contributed by atoms with van der Waals surface area (Å²) in [6, 6.07) is 16.9. The number of ether oxygens (including phenoxy) is 2. The maximum absolute atomic E-state index is 13.9. The molecule has 3 aromatic carbocycles. The number of nitrogens with one attached hydrogen (secondary N) is 1. The normalized spacial score (nSPS) is 10.8. The van der Waals surface area contributed by atoms with Gasteiger partial charge >= 0.3 is 0 Å². The second-order valence-electron chi connectivity index (χ2n) is 6.46. The lowest BCUT2D eigenvalue weighted by Crippen LogP contribution is -2.18. The molecule has 3 aromatic rings. The minimum absolute atomic E-state index is 0.0850. The molecule has 1 N–H and O–H groups in total. The van der Waals surface area contributed by atoms with Crippen molar-refractivity contribution in [2.24, 2.45) is 0 Å². The van der Waals surface area contributed by atoms with Crippen LogP contribution in [0.25, 0.3) is 0 Å². The van der Waals surface area contributed by atoms with Crippen LogP contribution in [-0.2, 0) is 19.6 Å². The number of hydrogen-bond acceptors (Lipinski definition) is 3. The monoisotopic (exact) mass is 461 g/mol. The minimum atomic E-state index is -0.314. The van der Waals surface area contributed by atoms with Gasteiger partial charge in [-0.15, -0.1) is 0 Å². The molecular formula is C23H22BrF2NO2. The van der Waals surface area contributed by atoms with E-state index in [4.69, 9.17) is 9.47 Å². The second kappa shape index (κ2) is 10.4. The minimum Gasteiger partial charge on any atom is -0.493 e. The van der Waals surface area contributed by atoms with Crippen LogP contribution in [0.4, 0.5) is 8.78 Å². The van der Waals surface area contributed by atoms with Crippen LogP contribution in [0.15, 0.2) is 65.1 Å². The predicted octanol–water partition coefficient (Wildman–Crippen LogP) is 5.65. The summed E-state index contributed by atoms with van der Waals surface area (Å²) in [6.45, 7) is 1.16. The first kappa shape index (κ1) is 21.3. The zero-order valence-electron chi connectivity index (χ0n) is 16.1. The van der Waals surface area contributed by atoms with Crippen molar-refractivity contribution in [2.75, 3.05) is 13.7 Å². The summed E-state index contributed by atoms with van der Waals surface area (Å²) < 4.78 is 39.9. The lowest BCUT2D eigenvalue weighted by Gasteiger charge is -2.17. The van der Waals surface area contributed by atoms with Gasteiger partial charge in [0.2, 0.25) is 0 Å². The van der Waals surface area contributed by atoms with Crippen molar-refractivity contribution in [1.29, 1.82) is 0 Å². The summed E-state index contributed by atoms with van der Waals surface area (Å²) in [6.07, 6.45) is 0.569. The number of benzene rings is 3. The van der Waals surface area contributed by atoms with E-state index in [-0.39, 0.29) is 18.2 Å². The highest BCUT2D eigenvalue weighted by atomic mass is 79.9. The summed E-state index contributed by atoms with van der Waals surface area (Å²) in [5.41, 5.74) is 1.99. The molecule has 0 fully saturated rings. The van der Waals surface area contributed by atoms with Gasteiger partial charge in [-0.2, -0.15) is 0 Å². The fourth-order valence-corrected chi connectivity index (χ4v) is 3.42. The smallest absolute Gasteiger partial charge is 0.167 e. The van der Waals surface area contributed by atoms with Crippen molar-refractivity contribution < 1.29 is 18.3 Å². The topological polar surface area (TPSA) is 30.5 Å². The standard InChI is InChI=1S/C23H22BrF2NO2/c1-28-22-11-10-19(24)18(14-27-13-12-16-6-2-4-8-20(16)25)23(22)29-15-17-7-3-5-9-21(17)26/h2-11,27H,12-15H2,1H3. The Morgan fingerprint density at radius 3 is 2.21 bits per heavy atom. The van der Waals surface area contributed by atoms with Gasteiger partial charge in [0.05, 0.1) is 7.11 Å². The lowest BCUT2D eigenvalue weighted by molar-refractivity contribution is 0.275. The summed E-state index contributed by atoms with van der Waals surface area (Å²) in [5.74, 6) is 0.593. The van der Waals surface area contributed by atoms with Gasteiger partial charge < -0.3 is 14.8 Å². The molecule has 0 aromatic heterocycles. The highest BCUT2D eigenvalue weighted by Crippen LogP contribution is 2.37. The van der Waals surface area contributed by atoms with E-state index in [0.717, 1.165) is 10.0 Å². The first-order chi connectivity index (χ1) is 14.1. The van der Waals surface area contributed by atoms with Gasteiger partial charge in [0.1, 0.15) is 18.2 Å². The van der Waals surface area contributed by atoms with Crippen molar-refractivity contribution in [1.82, 2.24) is 5.32 Å². The summed E-state index contributed by atoms with van der Waals surface area (Å²) >= 11 is 3.55. The third-order valence-corrected chi connectivity index (χ3v) is 5.29. The number of hydrogen-bond donors (Lipinski definition) is 1. The third-order valence-electron chi connectivity index (χ3n) is 4.55. The van der Waals surface area contributed by atoms with Gasteiger partial charge in [0.25, 0.3) is 0 Å². The Bertz CT molecular complexity index is 965. The van der Waals surface area contributed by atoms with E-state index in [1.165, 1.54) is 12.1 Å². The van der Waals surface area contributed by atoms with Crippen LogP contribution in [0, 0.1) is 11.6 Å². The van der Waals surface area contributed by atoms with Crippen LogP contribution in [0.3, 0.4) is 0 Å². The quantitative estimate of drug-likeness (QED) is 0.417. The molecule has 3 nitrogen and oxygen atoms in total. The molecule has 152 valence electrons. The SMILES string of the molecule is COc1ccc(Br)c(CNCCc2ccccc2F)c1OCc1ccccc1F. The molecule has 6 heteroatoms. The first-order valence-corrected chi connectivity index (χ1v) is 10.0. The van der Waals surface area contributed by atoms with Crippen molar-refractivity contribution in [3.05, 3.63) is 93.5 Å². The van der Waals surface area contributed by atoms with Gasteiger partial charge in [-0.05, 0) is 42.8 Å². The van der Waals surface area contributed by atoms with E-state index < -0.39 is 0 Å². The molecular weight excluding hydrogens is 440 g/mol. The molecule has 0 spiro atoms. The molecule has 0 heterocycles. The van der Waals surface area contributed by atoms with E-state index in [0.29, 0.717) is 42.1 Å². The van der Waals surface area contributed by atoms with Crippen LogP contribution in [0.1, 0.15) is 16.7 Å². The molecule has 0 atom stereocenters. The predicted molar refractivity (Wildman–Crippen MR) is 113 cm³/mol. The maximum Gasteiger partial charge on any atom is 0.167 e. The summed E-state index contributed by atoms with van der Waals surface area (Å²) in [7, 11) is 1.56. The fraction of sp³-hybridized carbons (Fsp3) is 0.217. The molecule has 0 unspecified atom stereocenters. The van der Waals surface area contributed by atoms with E-state index in [9.17, 15) is 8.78 Å². The van der Waals surface area contributed by atoms with Gasteiger partial charge in [0.15, 0.2) is 11.5 Å². The Morgan fingerprint density at radius 1 is 0.897 bits per heavy atom. The highest BCUT2D eigenvalue weighted by molar-refractivity contribution is 9.10. The highest BCUT2D eigenvalue weighted by Gasteiger charge is 2.15. The van der Waals surface area contributed by atoms with E-state index >= 15 is 0 Å². The largest absolute Gasteiger partial charge is 0.493 e. The van der Waals surface area contributed by atoms with E-state index in [1.54, 1.807) is 43.5 Å². The average molecular weight is 462 g/mol. The zero-order chi connectivity index (χ0) is 20.6. The Morgan fingerprint density at radius 2 is 1.55 bits per heavy atom. The summed E-state index contributed by atoms with van der Waals surface area (Å²) in [4.78, 5) is 0. The Labute approximate surface area is 177 Å². The van der Waals surface area contributed by atoms with Crippen molar-refractivity contribution >= 4 is 15.9 Å². The van der Waals surface area contributed by atoms with Crippen LogP contribution in [0.5, 0.6) is 11.5 Å². The van der Waals surface area contributed by atoms with Crippen molar-refractivity contribution in [3.8, 4) is 11.5 Å². The van der Waals surface area contributed by atoms with Crippen molar-refractivity contribution in [2.45, 2.75) is 19.6 Å². The molecule has 0 saturated heterocycles. The van der Waals surface area contributed by atoms with Crippen LogP contribution in [0.2, 0.25) is 0 Å². The summed E-state index contributed by atoms with van der Waals surface area (Å²) in [5, 5.41) is 3.31. The number of rotatable bonds is 9. The van der Waals surface area contributed by atoms with E-state index in [2.05, 4.69) is 21.2 Å². The van der Waals surface area contributed by atoms with Crippen LogP contribution in [-0.4, -0.2) is 13.7 Å². The lowest BCUT2D eigenvalue weighted by atomic mass is 10.1. The zero-order valence-corrected chi connectivity index (χ0v) is 17.6. The molecule has 0 radical (unpaired) electrons. The van der Waals surface area contributed by atoms with Gasteiger partial charge in [-0.3, -0.25) is 0 Å². The van der Waals surface area contributed by atoms with Gasteiger partial charge in [-0.1, -0.05) is 52.3 Å². The van der Waals surface area contributed by atoms with Crippen LogP contribution < -0.4 is 14.8 Å². The Hall–Kier alpha value is -2.44. The Kier molecular flexibility index (Phi) is 7.61. The maximum atomic E-state index is 13.9. The van der Waals surface area contributed by atoms with E-state index in [1.807, 2.05) is 12.1 Å². The number of methoxy groups -OCH3 is 1. The number of halogens is 3. The fourth-order valence-electron chi connectivity index (χ4n) is 2.97. The third kappa shape index (κ3) is 5.55.